The van der Waals surface area contributed by atoms with E-state index >= 15 is 0 Å². The molecule has 6 heterocycles. The predicted molar refractivity (Wildman–Crippen MR) is 216 cm³/mol. The molecule has 2 aliphatic heterocycles. The third kappa shape index (κ3) is 5.36. The van der Waals surface area contributed by atoms with E-state index in [0.717, 1.165) is 52.6 Å². The molecule has 2 atom stereocenters. The third-order valence-electron chi connectivity index (χ3n) is 11.4. The summed E-state index contributed by atoms with van der Waals surface area (Å²) in [6.45, 7) is 19.3. The van der Waals surface area contributed by atoms with Crippen molar-refractivity contribution in [2.24, 2.45) is 5.92 Å². The van der Waals surface area contributed by atoms with Crippen LogP contribution in [-0.2, 0) is 12.8 Å². The average molecular weight is 698 g/mol. The minimum absolute atomic E-state index is 0.0679. The fourth-order valence-corrected chi connectivity index (χ4v) is 10.6. The second-order valence-electron chi connectivity index (χ2n) is 16.5. The fourth-order valence-electron chi connectivity index (χ4n) is 8.94. The zero-order valence-electron chi connectivity index (χ0n) is 31.2. The Balaban J connectivity index is 1.26. The molecule has 4 nitrogen and oxygen atoms in total. The van der Waals surface area contributed by atoms with Gasteiger partial charge in [0, 0.05) is 45.3 Å². The molecular weight excluding hydrogens is 651 g/mol. The van der Waals surface area contributed by atoms with Crippen molar-refractivity contribution in [2.45, 2.75) is 71.6 Å². The summed E-state index contributed by atoms with van der Waals surface area (Å²) < 4.78 is 11.6. The number of pyridine rings is 3. The summed E-state index contributed by atoms with van der Waals surface area (Å²) in [5.74, 6) is 0.841. The minimum Gasteiger partial charge on any atom is -0.438 e. The van der Waals surface area contributed by atoms with E-state index in [1.165, 1.54) is 44.8 Å². The Morgan fingerprint density at radius 2 is 1.65 bits per heavy atom. The van der Waals surface area contributed by atoms with Crippen molar-refractivity contribution in [3.63, 3.8) is 0 Å². The highest BCUT2D eigenvalue weighted by Gasteiger charge is 2.48. The normalized spacial score (nSPS) is 16.8. The van der Waals surface area contributed by atoms with Crippen molar-refractivity contribution in [1.82, 2.24) is 4.98 Å². The lowest BCUT2D eigenvalue weighted by atomic mass is 9.78. The summed E-state index contributed by atoms with van der Waals surface area (Å²) >= 11 is 0. The quantitative estimate of drug-likeness (QED) is 0.136. The topological polar surface area (TPSA) is 33.8 Å². The van der Waals surface area contributed by atoms with Gasteiger partial charge >= 0.3 is 0 Å². The number of hydrogen-bond donors (Lipinski definition) is 0. The minimum atomic E-state index is -1.68. The zero-order chi connectivity index (χ0) is 35.9. The van der Waals surface area contributed by atoms with E-state index in [1.54, 1.807) is 5.19 Å². The molecule has 2 aliphatic rings. The van der Waals surface area contributed by atoms with Gasteiger partial charge in [0.1, 0.15) is 5.58 Å². The van der Waals surface area contributed by atoms with E-state index in [-0.39, 0.29) is 12.0 Å². The number of benzene rings is 3. The molecule has 2 unspecified atom stereocenters. The van der Waals surface area contributed by atoms with Gasteiger partial charge in [0.15, 0.2) is 12.4 Å². The van der Waals surface area contributed by atoms with Crippen molar-refractivity contribution in [1.29, 1.82) is 0 Å². The summed E-state index contributed by atoms with van der Waals surface area (Å²) in [5, 5.41) is 3.70. The van der Waals surface area contributed by atoms with Crippen LogP contribution < -0.4 is 14.3 Å². The van der Waals surface area contributed by atoms with Gasteiger partial charge in [-0.25, -0.2) is 4.98 Å². The molecule has 0 saturated carbocycles. The van der Waals surface area contributed by atoms with Gasteiger partial charge in [-0.1, -0.05) is 82.0 Å². The maximum Gasteiger partial charge on any atom is 0.249 e. The molecule has 0 radical (unpaired) electrons. The van der Waals surface area contributed by atoms with Crippen LogP contribution in [0.3, 0.4) is 0 Å². The molecule has 0 amide bonds. The highest BCUT2D eigenvalue weighted by molar-refractivity contribution is 6.89. The number of furan rings is 1. The Labute approximate surface area is 308 Å². The van der Waals surface area contributed by atoms with Crippen LogP contribution in [0.4, 0.5) is 0 Å². The number of aromatic nitrogens is 3. The number of rotatable bonds is 4. The van der Waals surface area contributed by atoms with Crippen molar-refractivity contribution < 1.29 is 13.6 Å². The first kappa shape index (κ1) is 32.8. The predicted octanol–water partition coefficient (Wildman–Crippen LogP) is 10.4. The van der Waals surface area contributed by atoms with Crippen LogP contribution in [0, 0.1) is 12.8 Å². The summed E-state index contributed by atoms with van der Waals surface area (Å²) in [5.41, 5.74) is 15.2. The van der Waals surface area contributed by atoms with Crippen LogP contribution in [0.1, 0.15) is 54.5 Å². The molecule has 0 saturated heterocycles. The Kier molecular flexibility index (Phi) is 7.71. The second-order valence-corrected chi connectivity index (χ2v) is 21.5. The Morgan fingerprint density at radius 1 is 0.865 bits per heavy atom. The van der Waals surface area contributed by atoms with Crippen LogP contribution in [0.25, 0.3) is 61.5 Å². The summed E-state index contributed by atoms with van der Waals surface area (Å²) in [6, 6.07) is 35.6. The first-order chi connectivity index (χ1) is 25.0. The van der Waals surface area contributed by atoms with Gasteiger partial charge in [0.2, 0.25) is 28.8 Å². The van der Waals surface area contributed by atoms with Gasteiger partial charge in [0.25, 0.3) is 0 Å². The number of aryl methyl sites for hydroxylation is 2. The Hall–Kier alpha value is -5.13. The highest BCUT2D eigenvalue weighted by Crippen LogP contribution is 2.46. The maximum absolute atomic E-state index is 6.57. The number of nitrogens with zero attached hydrogens (tertiary/aromatic N) is 3. The molecule has 52 heavy (non-hydrogen) atoms. The largest absolute Gasteiger partial charge is 0.438 e. The Morgan fingerprint density at radius 3 is 2.44 bits per heavy atom. The van der Waals surface area contributed by atoms with Crippen LogP contribution in [0.5, 0.6) is 0 Å². The van der Waals surface area contributed by atoms with E-state index in [1.807, 2.05) is 6.07 Å². The van der Waals surface area contributed by atoms with Crippen molar-refractivity contribution >= 4 is 41.0 Å². The van der Waals surface area contributed by atoms with Crippen LogP contribution in [0.15, 0.2) is 120 Å². The molecule has 9 rings (SSSR count). The molecule has 0 N–H and O–H groups in total. The third-order valence-corrected chi connectivity index (χ3v) is 13.4. The molecule has 7 aromatic rings. The van der Waals surface area contributed by atoms with Gasteiger partial charge in [-0.05, 0) is 91.3 Å². The van der Waals surface area contributed by atoms with Gasteiger partial charge in [-0.3, -0.25) is 0 Å². The second kappa shape index (κ2) is 12.2. The lowest BCUT2D eigenvalue weighted by Gasteiger charge is -2.31. The number of allylic oxidation sites excluding steroid dienone is 1. The highest BCUT2D eigenvalue weighted by atomic mass is 28.3. The number of fused-ring (bicyclic) bond motifs is 12. The van der Waals surface area contributed by atoms with Crippen LogP contribution in [0.2, 0.25) is 19.6 Å². The number of hydrogen-bond acceptors (Lipinski definition) is 2. The lowest BCUT2D eigenvalue weighted by Crippen LogP contribution is -2.57. The van der Waals surface area contributed by atoms with Crippen LogP contribution in [-0.4, -0.2) is 13.1 Å². The van der Waals surface area contributed by atoms with Gasteiger partial charge in [-0.2, -0.15) is 9.13 Å². The van der Waals surface area contributed by atoms with Crippen molar-refractivity contribution in [3.05, 3.63) is 138 Å². The molecule has 258 valence electrons. The molecule has 0 fully saturated rings. The molecule has 5 heteroatoms. The SMILES string of the molecule is C=C1C2C(CCc3cc4oc5nc(-c6ccccc6)ccc5c4cc3-c3cc(C)cc[n+]31)c1ccccc1-c1cc(CC(C)C)c([Si](C)(C)C)c[n+]12. The van der Waals surface area contributed by atoms with Crippen LogP contribution >= 0.6 is 0 Å². The van der Waals surface area contributed by atoms with E-state index in [2.05, 4.69) is 153 Å². The average Bonchev–Trinajstić information content (AvgIpc) is 3.50. The van der Waals surface area contributed by atoms with Gasteiger partial charge < -0.3 is 4.42 Å². The first-order valence-electron chi connectivity index (χ1n) is 18.9. The zero-order valence-corrected chi connectivity index (χ0v) is 32.2. The van der Waals surface area contributed by atoms with Gasteiger partial charge in [-0.15, -0.1) is 0 Å². The van der Waals surface area contributed by atoms with E-state index < -0.39 is 8.07 Å². The summed E-state index contributed by atoms with van der Waals surface area (Å²) in [4.78, 5) is 4.99. The standard InChI is InChI=1S/C47H47N3OSi/c1-29(2)23-34-25-43-36-16-12-11-15-35(36)37-18-17-33-26-44-40(38-19-20-41(48-47(38)51-44)32-13-9-8-10-14-32)27-39(33)42-24-30(3)21-22-49(42)31(4)46(37)50(43)28-45(34)52(5,6)7/h8-16,19-22,24-29,37,46H,4,17-18,23H2,1-3,5-7H3/q+2. The summed E-state index contributed by atoms with van der Waals surface area (Å²) in [6.07, 6.45) is 7.80. The lowest BCUT2D eigenvalue weighted by molar-refractivity contribution is -0.726. The van der Waals surface area contributed by atoms with E-state index in [0.29, 0.717) is 11.6 Å². The molecule has 3 aromatic carbocycles. The maximum atomic E-state index is 6.57. The molecule has 0 aliphatic carbocycles. The summed E-state index contributed by atoms with van der Waals surface area (Å²) in [7, 11) is -1.68. The monoisotopic (exact) mass is 697 g/mol. The van der Waals surface area contributed by atoms with Gasteiger partial charge in [0.05, 0.1) is 25.2 Å². The first-order valence-corrected chi connectivity index (χ1v) is 22.4. The van der Waals surface area contributed by atoms with E-state index in [4.69, 9.17) is 16.0 Å². The van der Waals surface area contributed by atoms with Crippen molar-refractivity contribution in [2.75, 3.05) is 0 Å². The Bertz CT molecular complexity index is 2560. The molecular formula is C47H47N3OSi+2. The fraction of sp³-hybridized carbons (Fsp3) is 0.255. The van der Waals surface area contributed by atoms with Crippen molar-refractivity contribution in [3.8, 4) is 33.8 Å². The molecule has 4 aromatic heterocycles. The van der Waals surface area contributed by atoms with E-state index in [9.17, 15) is 0 Å². The smallest absolute Gasteiger partial charge is 0.249 e. The molecule has 0 spiro atoms. The molecule has 0 bridgehead atoms.